The van der Waals surface area contributed by atoms with Crippen LogP contribution < -0.4 is 11.5 Å². The maximum absolute atomic E-state index is 13.3. The lowest BCUT2D eigenvalue weighted by atomic mass is 10.3. The molecule has 0 atom stereocenters. The first-order valence-electron chi connectivity index (χ1n) is 4.26. The topological polar surface area (TPSA) is 74.0 Å². The molecule has 1 aromatic carbocycles. The van der Waals surface area contributed by atoms with Crippen molar-refractivity contribution >= 4 is 0 Å². The summed E-state index contributed by atoms with van der Waals surface area (Å²) in [6, 6.07) is 5.79. The first kappa shape index (κ1) is 9.60. The first-order valence-corrected chi connectivity index (χ1v) is 4.26. The van der Waals surface area contributed by atoms with Crippen LogP contribution in [0.4, 0.5) is 4.39 Å². The number of para-hydroxylation sites is 1. The highest BCUT2D eigenvalue weighted by Gasteiger charge is 2.11. The Bertz CT molecular complexity index is 532. The predicted octanol–water partition coefficient (Wildman–Crippen LogP) is 0.423. The Morgan fingerprint density at radius 2 is 2.20 bits per heavy atom. The first-order chi connectivity index (χ1) is 7.22. The van der Waals surface area contributed by atoms with Crippen LogP contribution in [-0.2, 0) is 6.54 Å². The number of nitrogens with zero attached hydrogens (tertiary/aromatic N) is 2. The molecular weight excluding hydrogens is 201 g/mol. The van der Waals surface area contributed by atoms with Gasteiger partial charge in [-0.05, 0) is 12.1 Å². The molecule has 0 spiro atoms. The second-order valence-electron chi connectivity index (χ2n) is 2.83. The highest BCUT2D eigenvalue weighted by molar-refractivity contribution is 5.31. The third-order valence-corrected chi connectivity index (χ3v) is 1.84. The molecule has 1 heterocycles. The van der Waals surface area contributed by atoms with Gasteiger partial charge in [0.05, 0.1) is 6.54 Å². The molecule has 2 N–H and O–H groups in total. The maximum atomic E-state index is 13.3. The molecule has 2 rings (SSSR count). The molecule has 0 saturated heterocycles. The van der Waals surface area contributed by atoms with Gasteiger partial charge in [0.15, 0.2) is 0 Å². The van der Waals surface area contributed by atoms with Crippen molar-refractivity contribution in [2.24, 2.45) is 5.73 Å². The fourth-order valence-electron chi connectivity index (χ4n) is 1.17. The van der Waals surface area contributed by atoms with Crippen molar-refractivity contribution in [1.29, 1.82) is 0 Å². The standard InChI is InChI=1S/C9H8FN3O2/c10-6-3-1-2-4-7(6)13-9(14)15-8(5-11)12-13/h1-4H,5,11H2. The van der Waals surface area contributed by atoms with Gasteiger partial charge in [-0.3, -0.25) is 0 Å². The van der Waals surface area contributed by atoms with Gasteiger partial charge in [-0.15, -0.1) is 5.10 Å². The summed E-state index contributed by atoms with van der Waals surface area (Å²) in [6.45, 7) is -0.00328. The lowest BCUT2D eigenvalue weighted by Crippen LogP contribution is -2.14. The fraction of sp³-hybridized carbons (Fsp3) is 0.111. The molecule has 0 bridgehead atoms. The third-order valence-electron chi connectivity index (χ3n) is 1.84. The zero-order valence-corrected chi connectivity index (χ0v) is 7.68. The molecule has 2 aromatic rings. The normalized spacial score (nSPS) is 10.5. The Kier molecular flexibility index (Phi) is 2.34. The molecule has 0 amide bonds. The van der Waals surface area contributed by atoms with Crippen molar-refractivity contribution in [3.63, 3.8) is 0 Å². The summed E-state index contributed by atoms with van der Waals surface area (Å²) < 4.78 is 18.8. The van der Waals surface area contributed by atoms with E-state index in [0.29, 0.717) is 0 Å². The van der Waals surface area contributed by atoms with E-state index < -0.39 is 11.6 Å². The van der Waals surface area contributed by atoms with Gasteiger partial charge >= 0.3 is 5.76 Å². The number of aromatic nitrogens is 2. The minimum absolute atomic E-state index is 0.00328. The Morgan fingerprint density at radius 3 is 2.80 bits per heavy atom. The predicted molar refractivity (Wildman–Crippen MR) is 49.9 cm³/mol. The molecule has 1 aromatic heterocycles. The minimum Gasteiger partial charge on any atom is -0.391 e. The van der Waals surface area contributed by atoms with E-state index >= 15 is 0 Å². The quantitative estimate of drug-likeness (QED) is 0.778. The van der Waals surface area contributed by atoms with Crippen LogP contribution in [0, 0.1) is 5.82 Å². The van der Waals surface area contributed by atoms with E-state index in [1.54, 1.807) is 6.07 Å². The summed E-state index contributed by atoms with van der Waals surface area (Å²) in [5.74, 6) is -1.22. The lowest BCUT2D eigenvalue weighted by Gasteiger charge is -1.98. The van der Waals surface area contributed by atoms with Gasteiger partial charge in [0.1, 0.15) is 11.5 Å². The van der Waals surface area contributed by atoms with Gasteiger partial charge in [-0.2, -0.15) is 4.68 Å². The van der Waals surface area contributed by atoms with E-state index in [-0.39, 0.29) is 18.1 Å². The Labute approximate surface area is 83.9 Å². The molecule has 0 aliphatic rings. The summed E-state index contributed by atoms with van der Waals surface area (Å²) in [7, 11) is 0. The van der Waals surface area contributed by atoms with Crippen LogP contribution in [0.15, 0.2) is 33.5 Å². The molecule has 5 nitrogen and oxygen atoms in total. The Balaban J connectivity index is 2.59. The SMILES string of the molecule is NCc1nn(-c2ccccc2F)c(=O)o1. The number of benzene rings is 1. The van der Waals surface area contributed by atoms with Crippen LogP contribution >= 0.6 is 0 Å². The number of hydrogen-bond acceptors (Lipinski definition) is 4. The van der Waals surface area contributed by atoms with Crippen LogP contribution in [0.3, 0.4) is 0 Å². The molecule has 78 valence electrons. The van der Waals surface area contributed by atoms with Crippen LogP contribution in [-0.4, -0.2) is 9.78 Å². The summed E-state index contributed by atoms with van der Waals surface area (Å²) in [5.41, 5.74) is 5.29. The van der Waals surface area contributed by atoms with Crippen molar-refractivity contribution in [2.75, 3.05) is 0 Å². The molecule has 6 heteroatoms. The lowest BCUT2D eigenvalue weighted by molar-refractivity contribution is 0.459. The molecule has 0 unspecified atom stereocenters. The molecule has 0 fully saturated rings. The zero-order valence-electron chi connectivity index (χ0n) is 7.68. The highest BCUT2D eigenvalue weighted by Crippen LogP contribution is 2.09. The van der Waals surface area contributed by atoms with Gasteiger partial charge in [-0.25, -0.2) is 9.18 Å². The van der Waals surface area contributed by atoms with E-state index in [0.717, 1.165) is 4.68 Å². The zero-order chi connectivity index (χ0) is 10.8. The second kappa shape index (κ2) is 3.66. The molecule has 0 saturated carbocycles. The van der Waals surface area contributed by atoms with Crippen molar-refractivity contribution in [1.82, 2.24) is 9.78 Å². The van der Waals surface area contributed by atoms with Gasteiger partial charge in [0, 0.05) is 0 Å². The largest absolute Gasteiger partial charge is 0.442 e. The van der Waals surface area contributed by atoms with Crippen molar-refractivity contribution < 1.29 is 8.81 Å². The van der Waals surface area contributed by atoms with Crippen LogP contribution in [0.25, 0.3) is 5.69 Å². The van der Waals surface area contributed by atoms with E-state index in [1.807, 2.05) is 0 Å². The summed E-state index contributed by atoms with van der Waals surface area (Å²) >= 11 is 0. The van der Waals surface area contributed by atoms with E-state index in [9.17, 15) is 9.18 Å². The smallest absolute Gasteiger partial charge is 0.391 e. The number of hydrogen-bond donors (Lipinski definition) is 1. The van der Waals surface area contributed by atoms with E-state index in [4.69, 9.17) is 5.73 Å². The molecular formula is C9H8FN3O2. The Hall–Kier alpha value is -1.95. The Morgan fingerprint density at radius 1 is 1.47 bits per heavy atom. The molecule has 15 heavy (non-hydrogen) atoms. The molecule has 0 radical (unpaired) electrons. The number of halogens is 1. The highest BCUT2D eigenvalue weighted by atomic mass is 19.1. The second-order valence-corrected chi connectivity index (χ2v) is 2.83. The van der Waals surface area contributed by atoms with E-state index in [2.05, 4.69) is 9.52 Å². The summed E-state index contributed by atoms with van der Waals surface area (Å²) in [4.78, 5) is 11.3. The summed E-state index contributed by atoms with van der Waals surface area (Å²) in [6.07, 6.45) is 0. The van der Waals surface area contributed by atoms with Crippen molar-refractivity contribution in [2.45, 2.75) is 6.54 Å². The van der Waals surface area contributed by atoms with E-state index in [1.165, 1.54) is 18.2 Å². The van der Waals surface area contributed by atoms with Gasteiger partial charge < -0.3 is 10.2 Å². The van der Waals surface area contributed by atoms with Crippen molar-refractivity contribution in [3.8, 4) is 5.69 Å². The van der Waals surface area contributed by atoms with Crippen LogP contribution in [0.2, 0.25) is 0 Å². The fourth-order valence-corrected chi connectivity index (χ4v) is 1.17. The van der Waals surface area contributed by atoms with Gasteiger partial charge in [-0.1, -0.05) is 12.1 Å². The minimum atomic E-state index is -0.749. The molecule has 0 aliphatic carbocycles. The van der Waals surface area contributed by atoms with Gasteiger partial charge in [0.25, 0.3) is 0 Å². The number of rotatable bonds is 2. The van der Waals surface area contributed by atoms with Gasteiger partial charge in [0.2, 0.25) is 5.89 Å². The van der Waals surface area contributed by atoms with Crippen LogP contribution in [0.5, 0.6) is 0 Å². The maximum Gasteiger partial charge on any atom is 0.442 e. The average molecular weight is 209 g/mol. The summed E-state index contributed by atoms with van der Waals surface area (Å²) in [5, 5.41) is 3.73. The molecule has 0 aliphatic heterocycles. The van der Waals surface area contributed by atoms with Crippen molar-refractivity contribution in [3.05, 3.63) is 46.5 Å². The number of nitrogens with two attached hydrogens (primary N) is 1. The third kappa shape index (κ3) is 1.66. The van der Waals surface area contributed by atoms with Crippen LogP contribution in [0.1, 0.15) is 5.89 Å². The average Bonchev–Trinajstić information content (AvgIpc) is 2.60. The monoisotopic (exact) mass is 209 g/mol.